The molecule has 4 aliphatic rings. The summed E-state index contributed by atoms with van der Waals surface area (Å²) in [6.07, 6.45) is 37.2. The number of ether oxygens (including phenoxy) is 1. The standard InChI is InChI=1S/C43H79NO2/c1-6-7-8-9-10-11-12-13-14-15-16-17-18-19-20-21-32-44-41(45)27-22-34(2)38-25-26-39-37-24-23-35-33-36(46-5)28-30-42(35,3)40(37)29-31-43(38,39)4/h34-40H,6-33H2,1-5H3,(H,44,45)/t34-,35?,36-,37?,38-,39?,40?,42+,43-/m1/s1. The lowest BCUT2D eigenvalue weighted by atomic mass is 9.44. The Morgan fingerprint density at radius 1 is 0.717 bits per heavy atom. The molecule has 9 atom stereocenters. The van der Waals surface area contributed by atoms with Crippen LogP contribution in [0.3, 0.4) is 0 Å². The molecule has 3 nitrogen and oxygen atoms in total. The van der Waals surface area contributed by atoms with E-state index in [1.54, 1.807) is 0 Å². The molecular weight excluding hydrogens is 562 g/mol. The first-order chi connectivity index (χ1) is 22.3. The van der Waals surface area contributed by atoms with Crippen LogP contribution >= 0.6 is 0 Å². The minimum atomic E-state index is 0.300. The van der Waals surface area contributed by atoms with Gasteiger partial charge in [0.2, 0.25) is 5.91 Å². The largest absolute Gasteiger partial charge is 0.381 e. The van der Waals surface area contributed by atoms with Crippen molar-refractivity contribution in [2.24, 2.45) is 46.3 Å². The highest BCUT2D eigenvalue weighted by Crippen LogP contribution is 2.68. The SMILES string of the molecule is CCCCCCCCCCCCCCCCCCNC(=O)CC[C@@H](C)[C@H]1CCC2C3CCC4C[C@H](OC)CC[C@]4(C)C3CC[C@@]21C. The average Bonchev–Trinajstić information content (AvgIpc) is 3.42. The second-order valence-electron chi connectivity index (χ2n) is 17.7. The van der Waals surface area contributed by atoms with Gasteiger partial charge in [0.05, 0.1) is 6.10 Å². The molecule has 0 aromatic carbocycles. The van der Waals surface area contributed by atoms with Gasteiger partial charge in [0, 0.05) is 20.1 Å². The van der Waals surface area contributed by atoms with Gasteiger partial charge < -0.3 is 10.1 Å². The van der Waals surface area contributed by atoms with E-state index in [1.807, 2.05) is 7.11 Å². The summed E-state index contributed by atoms with van der Waals surface area (Å²) < 4.78 is 5.83. The summed E-state index contributed by atoms with van der Waals surface area (Å²) >= 11 is 0. The number of fused-ring (bicyclic) bond motifs is 5. The normalized spacial score (nSPS) is 34.5. The fraction of sp³-hybridized carbons (Fsp3) is 0.977. The molecule has 4 aliphatic carbocycles. The van der Waals surface area contributed by atoms with Crippen LogP contribution < -0.4 is 5.32 Å². The third kappa shape index (κ3) is 10.2. The van der Waals surface area contributed by atoms with E-state index in [9.17, 15) is 4.79 Å². The molecule has 4 rings (SSSR count). The second-order valence-corrected chi connectivity index (χ2v) is 17.7. The molecule has 0 aliphatic heterocycles. The van der Waals surface area contributed by atoms with E-state index in [0.29, 0.717) is 28.8 Å². The molecule has 4 saturated carbocycles. The fourth-order valence-corrected chi connectivity index (χ4v) is 12.0. The first kappa shape index (κ1) is 38.2. The smallest absolute Gasteiger partial charge is 0.220 e. The zero-order chi connectivity index (χ0) is 32.8. The van der Waals surface area contributed by atoms with E-state index >= 15 is 0 Å². The highest BCUT2D eigenvalue weighted by Gasteiger charge is 2.60. The summed E-state index contributed by atoms with van der Waals surface area (Å²) in [6.45, 7) is 11.0. The van der Waals surface area contributed by atoms with Gasteiger partial charge in [-0.1, -0.05) is 124 Å². The Kier molecular flexibility index (Phi) is 16.3. The summed E-state index contributed by atoms with van der Waals surface area (Å²) in [5.41, 5.74) is 1.05. The van der Waals surface area contributed by atoms with Gasteiger partial charge in [-0.3, -0.25) is 4.79 Å². The van der Waals surface area contributed by atoms with Crippen molar-refractivity contribution in [2.45, 2.75) is 207 Å². The van der Waals surface area contributed by atoms with Gasteiger partial charge in [-0.05, 0) is 117 Å². The van der Waals surface area contributed by atoms with Crippen molar-refractivity contribution in [2.75, 3.05) is 13.7 Å². The average molecular weight is 642 g/mol. The quantitative estimate of drug-likeness (QED) is 0.119. The number of amides is 1. The van der Waals surface area contributed by atoms with Gasteiger partial charge in [0.25, 0.3) is 0 Å². The molecule has 1 N–H and O–H groups in total. The number of nitrogens with one attached hydrogen (secondary N) is 1. The van der Waals surface area contributed by atoms with Crippen molar-refractivity contribution >= 4 is 5.91 Å². The molecule has 1 amide bonds. The van der Waals surface area contributed by atoms with E-state index in [4.69, 9.17) is 4.74 Å². The predicted octanol–water partition coefficient (Wildman–Crippen LogP) is 12.5. The highest BCUT2D eigenvalue weighted by atomic mass is 16.5. The second kappa shape index (κ2) is 19.6. The Balaban J connectivity index is 1.02. The van der Waals surface area contributed by atoms with Crippen LogP contribution in [0.15, 0.2) is 0 Å². The maximum Gasteiger partial charge on any atom is 0.220 e. The molecule has 0 radical (unpaired) electrons. The monoisotopic (exact) mass is 642 g/mol. The Hall–Kier alpha value is -0.570. The van der Waals surface area contributed by atoms with Gasteiger partial charge >= 0.3 is 0 Å². The Bertz CT molecular complexity index is 858. The van der Waals surface area contributed by atoms with Gasteiger partial charge in [-0.15, -0.1) is 0 Å². The van der Waals surface area contributed by atoms with Gasteiger partial charge in [0.1, 0.15) is 0 Å². The number of rotatable bonds is 22. The lowest BCUT2D eigenvalue weighted by Gasteiger charge is -2.61. The summed E-state index contributed by atoms with van der Waals surface area (Å²) in [5.74, 6) is 5.45. The Morgan fingerprint density at radius 2 is 1.28 bits per heavy atom. The van der Waals surface area contributed by atoms with Crippen LogP contribution in [-0.2, 0) is 9.53 Å². The maximum atomic E-state index is 12.8. The topological polar surface area (TPSA) is 38.3 Å². The lowest BCUT2D eigenvalue weighted by Crippen LogP contribution is -2.54. The maximum absolute atomic E-state index is 12.8. The molecule has 0 aromatic rings. The zero-order valence-electron chi connectivity index (χ0n) is 31.7. The number of carbonyl (C=O) groups excluding carboxylic acids is 1. The molecular formula is C43H79NO2. The van der Waals surface area contributed by atoms with E-state index in [0.717, 1.165) is 55.4 Å². The van der Waals surface area contributed by atoms with Crippen LogP contribution in [0.25, 0.3) is 0 Å². The van der Waals surface area contributed by atoms with Crippen LogP contribution in [0.2, 0.25) is 0 Å². The summed E-state index contributed by atoms with van der Waals surface area (Å²) in [7, 11) is 1.93. The minimum Gasteiger partial charge on any atom is -0.381 e. The molecule has 4 unspecified atom stereocenters. The first-order valence-electron chi connectivity index (χ1n) is 21.1. The van der Waals surface area contributed by atoms with Crippen molar-refractivity contribution < 1.29 is 9.53 Å². The van der Waals surface area contributed by atoms with Crippen LogP contribution in [0.1, 0.15) is 201 Å². The molecule has 0 aromatic heterocycles. The molecule has 3 heteroatoms. The van der Waals surface area contributed by atoms with Crippen LogP contribution in [0.5, 0.6) is 0 Å². The van der Waals surface area contributed by atoms with E-state index in [1.165, 1.54) is 154 Å². The highest BCUT2D eigenvalue weighted by molar-refractivity contribution is 5.75. The number of hydrogen-bond donors (Lipinski definition) is 1. The van der Waals surface area contributed by atoms with Crippen LogP contribution in [0.4, 0.5) is 0 Å². The number of unbranched alkanes of at least 4 members (excludes halogenated alkanes) is 15. The van der Waals surface area contributed by atoms with E-state index < -0.39 is 0 Å². The summed E-state index contributed by atoms with van der Waals surface area (Å²) in [6, 6.07) is 0. The molecule has 0 spiro atoms. The van der Waals surface area contributed by atoms with Gasteiger partial charge in [-0.25, -0.2) is 0 Å². The summed E-state index contributed by atoms with van der Waals surface area (Å²) in [5, 5.41) is 3.27. The molecule has 268 valence electrons. The van der Waals surface area contributed by atoms with Crippen LogP contribution in [-0.4, -0.2) is 25.7 Å². The van der Waals surface area contributed by atoms with Crippen molar-refractivity contribution in [3.8, 4) is 0 Å². The third-order valence-corrected chi connectivity index (χ3v) is 14.9. The first-order valence-corrected chi connectivity index (χ1v) is 21.1. The molecule has 0 saturated heterocycles. The van der Waals surface area contributed by atoms with Crippen molar-refractivity contribution in [1.82, 2.24) is 5.32 Å². The van der Waals surface area contributed by atoms with E-state index in [-0.39, 0.29) is 0 Å². The third-order valence-electron chi connectivity index (χ3n) is 14.9. The lowest BCUT2D eigenvalue weighted by molar-refractivity contribution is -0.133. The zero-order valence-corrected chi connectivity index (χ0v) is 31.7. The van der Waals surface area contributed by atoms with E-state index in [2.05, 4.69) is 33.0 Å². The number of carbonyl (C=O) groups is 1. The number of methoxy groups -OCH3 is 1. The van der Waals surface area contributed by atoms with Crippen molar-refractivity contribution in [1.29, 1.82) is 0 Å². The Morgan fingerprint density at radius 3 is 1.89 bits per heavy atom. The van der Waals surface area contributed by atoms with Gasteiger partial charge in [-0.2, -0.15) is 0 Å². The Labute approximate surface area is 287 Å². The molecule has 0 bridgehead atoms. The summed E-state index contributed by atoms with van der Waals surface area (Å²) in [4.78, 5) is 12.8. The van der Waals surface area contributed by atoms with Crippen LogP contribution in [0, 0.1) is 46.3 Å². The minimum absolute atomic E-state index is 0.300. The van der Waals surface area contributed by atoms with Gasteiger partial charge in [0.15, 0.2) is 0 Å². The molecule has 4 fully saturated rings. The molecule has 46 heavy (non-hydrogen) atoms. The number of hydrogen-bond acceptors (Lipinski definition) is 2. The van der Waals surface area contributed by atoms with Crippen molar-refractivity contribution in [3.63, 3.8) is 0 Å². The molecule has 0 heterocycles. The fourth-order valence-electron chi connectivity index (χ4n) is 12.0. The predicted molar refractivity (Wildman–Crippen MR) is 197 cm³/mol. The van der Waals surface area contributed by atoms with Crippen molar-refractivity contribution in [3.05, 3.63) is 0 Å².